The predicted octanol–water partition coefficient (Wildman–Crippen LogP) is 1.57. The number of rotatable bonds is 4. The van der Waals surface area contributed by atoms with Gasteiger partial charge in [-0.2, -0.15) is 15.0 Å². The number of anilines is 2. The summed E-state index contributed by atoms with van der Waals surface area (Å²) in [6, 6.07) is 0.279. The Morgan fingerprint density at radius 1 is 1.21 bits per heavy atom. The number of hydrogen-bond donors (Lipinski definition) is 1. The Bertz CT molecular complexity index is 465. The minimum absolute atomic E-state index is 0.211. The summed E-state index contributed by atoms with van der Waals surface area (Å²) < 4.78 is 5.79. The van der Waals surface area contributed by atoms with Crippen LogP contribution < -0.4 is 10.2 Å². The maximum absolute atomic E-state index is 5.93. The fraction of sp³-hybridized carbons (Fsp3) is 0.750. The van der Waals surface area contributed by atoms with Crippen LogP contribution in [0.1, 0.15) is 19.3 Å². The molecule has 1 aliphatic carbocycles. The van der Waals surface area contributed by atoms with Gasteiger partial charge in [-0.3, -0.25) is 0 Å². The Morgan fingerprint density at radius 2 is 2.00 bits per heavy atom. The summed E-state index contributed by atoms with van der Waals surface area (Å²) in [7, 11) is 3.75. The van der Waals surface area contributed by atoms with Crippen LogP contribution in [0.25, 0.3) is 0 Å². The van der Waals surface area contributed by atoms with Crippen LogP contribution in [-0.2, 0) is 4.74 Å². The minimum atomic E-state index is 0.211. The zero-order chi connectivity index (χ0) is 13.4. The zero-order valence-corrected chi connectivity index (χ0v) is 11.9. The first-order chi connectivity index (χ1) is 9.13. The van der Waals surface area contributed by atoms with Gasteiger partial charge in [-0.05, 0) is 36.8 Å². The third-order valence-corrected chi connectivity index (χ3v) is 3.70. The standard InChI is InChI=1S/C12H18ClN5O/c1-18(2)12-16-10(13)15-11(17-12)14-8-5-6-19-9(8)7-3-4-7/h7-9H,3-6H2,1-2H3,(H,14,15,16,17). The van der Waals surface area contributed by atoms with Crippen LogP contribution in [0.5, 0.6) is 0 Å². The second-order valence-electron chi connectivity index (χ2n) is 5.33. The molecule has 2 unspecified atom stereocenters. The van der Waals surface area contributed by atoms with Gasteiger partial charge in [0, 0.05) is 20.7 Å². The lowest BCUT2D eigenvalue weighted by Gasteiger charge is -2.20. The summed E-state index contributed by atoms with van der Waals surface area (Å²) in [5, 5.41) is 3.56. The Balaban J connectivity index is 1.75. The van der Waals surface area contributed by atoms with E-state index in [1.165, 1.54) is 12.8 Å². The van der Waals surface area contributed by atoms with Crippen molar-refractivity contribution in [2.45, 2.75) is 31.4 Å². The fourth-order valence-electron chi connectivity index (χ4n) is 2.43. The molecule has 2 heterocycles. The summed E-state index contributed by atoms with van der Waals surface area (Å²) in [5.41, 5.74) is 0. The Kier molecular flexibility index (Phi) is 3.45. The molecular formula is C12H18ClN5O. The van der Waals surface area contributed by atoms with Crippen molar-refractivity contribution in [2.24, 2.45) is 5.92 Å². The second kappa shape index (κ2) is 5.09. The molecule has 2 fully saturated rings. The van der Waals surface area contributed by atoms with E-state index in [-0.39, 0.29) is 11.3 Å². The van der Waals surface area contributed by atoms with Crippen molar-refractivity contribution in [1.82, 2.24) is 15.0 Å². The van der Waals surface area contributed by atoms with Crippen LogP contribution in [0, 0.1) is 5.92 Å². The molecule has 2 aliphatic rings. The molecule has 19 heavy (non-hydrogen) atoms. The molecule has 0 amide bonds. The molecule has 0 radical (unpaired) electrons. The molecule has 1 saturated carbocycles. The summed E-state index contributed by atoms with van der Waals surface area (Å²) in [5.74, 6) is 1.79. The topological polar surface area (TPSA) is 63.2 Å². The molecule has 1 aromatic heterocycles. The van der Waals surface area contributed by atoms with Gasteiger partial charge >= 0.3 is 0 Å². The molecule has 3 rings (SSSR count). The lowest BCUT2D eigenvalue weighted by atomic mass is 10.1. The smallest absolute Gasteiger partial charge is 0.230 e. The van der Waals surface area contributed by atoms with Crippen LogP contribution in [0.3, 0.4) is 0 Å². The molecule has 1 saturated heterocycles. The second-order valence-corrected chi connectivity index (χ2v) is 5.67. The van der Waals surface area contributed by atoms with E-state index in [2.05, 4.69) is 20.3 Å². The van der Waals surface area contributed by atoms with E-state index in [0.29, 0.717) is 23.9 Å². The molecule has 1 aromatic rings. The average Bonchev–Trinajstić information content (AvgIpc) is 3.10. The summed E-state index contributed by atoms with van der Waals surface area (Å²) >= 11 is 5.93. The van der Waals surface area contributed by atoms with E-state index in [4.69, 9.17) is 16.3 Å². The summed E-state index contributed by atoms with van der Waals surface area (Å²) in [4.78, 5) is 14.4. The molecule has 0 spiro atoms. The normalized spacial score (nSPS) is 26.5. The van der Waals surface area contributed by atoms with E-state index in [0.717, 1.165) is 13.0 Å². The van der Waals surface area contributed by atoms with Crippen molar-refractivity contribution in [3.63, 3.8) is 0 Å². The van der Waals surface area contributed by atoms with Crippen LogP contribution in [0.4, 0.5) is 11.9 Å². The molecule has 104 valence electrons. The maximum Gasteiger partial charge on any atom is 0.230 e. The third-order valence-electron chi connectivity index (χ3n) is 3.53. The lowest BCUT2D eigenvalue weighted by Crippen LogP contribution is -2.32. The molecule has 0 bridgehead atoms. The number of nitrogens with zero attached hydrogens (tertiary/aromatic N) is 4. The van der Waals surface area contributed by atoms with Crippen molar-refractivity contribution in [2.75, 3.05) is 30.9 Å². The Labute approximate surface area is 117 Å². The van der Waals surface area contributed by atoms with Crippen LogP contribution in [0.15, 0.2) is 0 Å². The zero-order valence-electron chi connectivity index (χ0n) is 11.1. The van der Waals surface area contributed by atoms with Gasteiger partial charge < -0.3 is 15.0 Å². The van der Waals surface area contributed by atoms with E-state index < -0.39 is 0 Å². The summed E-state index contributed by atoms with van der Waals surface area (Å²) in [6.07, 6.45) is 3.81. The monoisotopic (exact) mass is 283 g/mol. The number of aromatic nitrogens is 3. The van der Waals surface area contributed by atoms with Crippen molar-refractivity contribution < 1.29 is 4.74 Å². The molecule has 2 atom stereocenters. The SMILES string of the molecule is CN(C)c1nc(Cl)nc(NC2CCOC2C2CC2)n1. The molecule has 7 heteroatoms. The van der Waals surface area contributed by atoms with Gasteiger partial charge in [0.25, 0.3) is 0 Å². The van der Waals surface area contributed by atoms with Crippen molar-refractivity contribution in [3.8, 4) is 0 Å². The average molecular weight is 284 g/mol. The predicted molar refractivity (Wildman–Crippen MR) is 73.7 cm³/mol. The fourth-order valence-corrected chi connectivity index (χ4v) is 2.58. The molecule has 1 N–H and O–H groups in total. The first-order valence-corrected chi connectivity index (χ1v) is 6.98. The van der Waals surface area contributed by atoms with Gasteiger partial charge in [-0.1, -0.05) is 0 Å². The van der Waals surface area contributed by atoms with Crippen LogP contribution in [-0.4, -0.2) is 47.8 Å². The number of ether oxygens (including phenoxy) is 1. The van der Waals surface area contributed by atoms with E-state index in [9.17, 15) is 0 Å². The highest BCUT2D eigenvalue weighted by Gasteiger charge is 2.40. The first kappa shape index (κ1) is 12.9. The maximum atomic E-state index is 5.93. The minimum Gasteiger partial charge on any atom is -0.376 e. The van der Waals surface area contributed by atoms with E-state index >= 15 is 0 Å². The molecular weight excluding hydrogens is 266 g/mol. The molecule has 1 aliphatic heterocycles. The van der Waals surface area contributed by atoms with Crippen molar-refractivity contribution in [3.05, 3.63) is 5.28 Å². The van der Waals surface area contributed by atoms with Gasteiger partial charge in [-0.25, -0.2) is 0 Å². The quantitative estimate of drug-likeness (QED) is 0.905. The molecule has 0 aromatic carbocycles. The number of nitrogens with one attached hydrogen (secondary N) is 1. The third kappa shape index (κ3) is 2.90. The first-order valence-electron chi connectivity index (χ1n) is 6.60. The number of hydrogen-bond acceptors (Lipinski definition) is 6. The van der Waals surface area contributed by atoms with Crippen LogP contribution >= 0.6 is 11.6 Å². The Hall–Kier alpha value is -1.14. The summed E-state index contributed by atoms with van der Waals surface area (Å²) in [6.45, 7) is 0.804. The van der Waals surface area contributed by atoms with Gasteiger partial charge in [0.05, 0.1) is 12.1 Å². The highest BCUT2D eigenvalue weighted by Crippen LogP contribution is 2.39. The van der Waals surface area contributed by atoms with Gasteiger partial charge in [0.1, 0.15) is 0 Å². The Morgan fingerprint density at radius 3 is 2.68 bits per heavy atom. The molecule has 6 nitrogen and oxygen atoms in total. The van der Waals surface area contributed by atoms with E-state index in [1.54, 1.807) is 0 Å². The number of halogens is 1. The largest absolute Gasteiger partial charge is 0.376 e. The van der Waals surface area contributed by atoms with Gasteiger partial charge in [-0.15, -0.1) is 0 Å². The van der Waals surface area contributed by atoms with Crippen LogP contribution in [0.2, 0.25) is 5.28 Å². The van der Waals surface area contributed by atoms with Crippen molar-refractivity contribution >= 4 is 23.5 Å². The van der Waals surface area contributed by atoms with Crippen molar-refractivity contribution in [1.29, 1.82) is 0 Å². The lowest BCUT2D eigenvalue weighted by molar-refractivity contribution is 0.0897. The van der Waals surface area contributed by atoms with Gasteiger partial charge in [0.2, 0.25) is 17.2 Å². The highest BCUT2D eigenvalue weighted by molar-refractivity contribution is 6.28. The highest BCUT2D eigenvalue weighted by atomic mass is 35.5. The van der Waals surface area contributed by atoms with E-state index in [1.807, 2.05) is 19.0 Å². The van der Waals surface area contributed by atoms with Gasteiger partial charge in [0.15, 0.2) is 0 Å².